The topological polar surface area (TPSA) is 80.8 Å². The number of carbonyl (C=O) groups excluding carboxylic acids is 2. The minimum Gasteiger partial charge on any atom is -0.493 e. The van der Waals surface area contributed by atoms with Gasteiger partial charge in [0.1, 0.15) is 5.82 Å². The number of hydrogen-bond donors (Lipinski definition) is 1. The number of aryl methyl sites for hydroxylation is 1. The highest BCUT2D eigenvalue weighted by Crippen LogP contribution is 2.30. The first-order valence-electron chi connectivity index (χ1n) is 12.4. The van der Waals surface area contributed by atoms with E-state index in [1.54, 1.807) is 31.3 Å². The summed E-state index contributed by atoms with van der Waals surface area (Å²) in [4.78, 5) is 32.4. The van der Waals surface area contributed by atoms with Crippen LogP contribution in [0, 0.1) is 12.7 Å². The van der Waals surface area contributed by atoms with Gasteiger partial charge in [-0.15, -0.1) is 0 Å². The Bertz CT molecular complexity index is 1270. The molecule has 2 aromatic carbocycles. The average Bonchev–Trinajstić information content (AvgIpc) is 2.92. The SMILES string of the molecule is COc1ccc(CCNC(=O)c2ccc(C)nc2C2CCN(C(=O)c3cccc(F)c3)CC2)cc1OC. The summed E-state index contributed by atoms with van der Waals surface area (Å²) in [5.41, 5.74) is 3.54. The molecule has 4 rings (SSSR count). The highest BCUT2D eigenvalue weighted by molar-refractivity contribution is 5.96. The van der Waals surface area contributed by atoms with Crippen LogP contribution in [0.15, 0.2) is 54.6 Å². The van der Waals surface area contributed by atoms with Crippen molar-refractivity contribution in [3.8, 4) is 11.5 Å². The number of nitrogens with zero attached hydrogens (tertiary/aromatic N) is 2. The Morgan fingerprint density at radius 3 is 2.49 bits per heavy atom. The van der Waals surface area contributed by atoms with Crippen LogP contribution < -0.4 is 14.8 Å². The normalized spacial score (nSPS) is 13.8. The first kappa shape index (κ1) is 26.1. The lowest BCUT2D eigenvalue weighted by Gasteiger charge is -2.32. The largest absolute Gasteiger partial charge is 0.493 e. The van der Waals surface area contributed by atoms with Crippen LogP contribution in [-0.4, -0.2) is 55.6 Å². The van der Waals surface area contributed by atoms with Gasteiger partial charge in [0.05, 0.1) is 25.5 Å². The standard InChI is InChI=1S/C29H32FN3O4/c1-19-7-9-24(28(34)31-14-11-20-8-10-25(36-2)26(17-20)37-3)27(32-19)21-12-15-33(16-13-21)29(35)22-5-4-6-23(30)18-22/h4-10,17-18,21H,11-16H2,1-3H3,(H,31,34). The minimum absolute atomic E-state index is 0.0584. The number of piperidine rings is 1. The molecule has 1 fully saturated rings. The van der Waals surface area contributed by atoms with E-state index in [0.29, 0.717) is 61.5 Å². The fourth-order valence-electron chi connectivity index (χ4n) is 4.69. The van der Waals surface area contributed by atoms with E-state index in [0.717, 1.165) is 17.0 Å². The molecule has 2 heterocycles. The van der Waals surface area contributed by atoms with E-state index in [9.17, 15) is 14.0 Å². The number of halogens is 1. The summed E-state index contributed by atoms with van der Waals surface area (Å²) in [6.07, 6.45) is 2.01. The lowest BCUT2D eigenvalue weighted by Crippen LogP contribution is -2.38. The monoisotopic (exact) mass is 505 g/mol. The van der Waals surface area contributed by atoms with Crippen LogP contribution in [-0.2, 0) is 6.42 Å². The van der Waals surface area contributed by atoms with Gasteiger partial charge in [-0.25, -0.2) is 4.39 Å². The predicted octanol–water partition coefficient (Wildman–Crippen LogP) is 4.54. The highest BCUT2D eigenvalue weighted by Gasteiger charge is 2.28. The third-order valence-corrected chi connectivity index (χ3v) is 6.70. The van der Waals surface area contributed by atoms with Crippen molar-refractivity contribution in [1.29, 1.82) is 0 Å². The van der Waals surface area contributed by atoms with E-state index in [1.807, 2.05) is 37.3 Å². The van der Waals surface area contributed by atoms with E-state index in [4.69, 9.17) is 14.5 Å². The molecule has 1 N–H and O–H groups in total. The third kappa shape index (κ3) is 6.25. The average molecular weight is 506 g/mol. The van der Waals surface area contributed by atoms with Gasteiger partial charge in [0.25, 0.3) is 11.8 Å². The van der Waals surface area contributed by atoms with E-state index in [1.165, 1.54) is 12.1 Å². The summed E-state index contributed by atoms with van der Waals surface area (Å²) in [5.74, 6) is 0.604. The molecule has 0 spiro atoms. The second-order valence-corrected chi connectivity index (χ2v) is 9.16. The molecule has 194 valence electrons. The van der Waals surface area contributed by atoms with Crippen LogP contribution in [0.1, 0.15) is 56.4 Å². The first-order chi connectivity index (χ1) is 17.9. The Morgan fingerprint density at radius 2 is 1.78 bits per heavy atom. The van der Waals surface area contributed by atoms with E-state index >= 15 is 0 Å². The molecule has 0 atom stereocenters. The number of ether oxygens (including phenoxy) is 2. The molecule has 0 radical (unpaired) electrons. The molecule has 7 nitrogen and oxygen atoms in total. The maximum absolute atomic E-state index is 13.6. The Labute approximate surface area is 216 Å². The van der Waals surface area contributed by atoms with Crippen molar-refractivity contribution in [2.24, 2.45) is 0 Å². The number of methoxy groups -OCH3 is 2. The van der Waals surface area contributed by atoms with Gasteiger partial charge in [0.2, 0.25) is 0 Å². The number of benzene rings is 2. The number of aromatic nitrogens is 1. The van der Waals surface area contributed by atoms with Crippen molar-refractivity contribution in [1.82, 2.24) is 15.2 Å². The summed E-state index contributed by atoms with van der Waals surface area (Å²) >= 11 is 0. The van der Waals surface area contributed by atoms with Gasteiger partial charge in [-0.1, -0.05) is 12.1 Å². The molecule has 8 heteroatoms. The number of rotatable bonds is 8. The molecule has 0 aliphatic carbocycles. The molecule has 3 aromatic rings. The van der Waals surface area contributed by atoms with Gasteiger partial charge in [-0.2, -0.15) is 0 Å². The van der Waals surface area contributed by atoms with Crippen molar-refractivity contribution in [3.63, 3.8) is 0 Å². The Kier molecular flexibility index (Phi) is 8.38. The van der Waals surface area contributed by atoms with Crippen molar-refractivity contribution in [2.45, 2.75) is 32.1 Å². The van der Waals surface area contributed by atoms with Gasteiger partial charge < -0.3 is 19.7 Å². The summed E-state index contributed by atoms with van der Waals surface area (Å²) < 4.78 is 24.2. The lowest BCUT2D eigenvalue weighted by molar-refractivity contribution is 0.0710. The quantitative estimate of drug-likeness (QED) is 0.486. The first-order valence-corrected chi connectivity index (χ1v) is 12.4. The van der Waals surface area contributed by atoms with Crippen molar-refractivity contribution < 1.29 is 23.5 Å². The second-order valence-electron chi connectivity index (χ2n) is 9.16. The zero-order chi connectivity index (χ0) is 26.4. The number of nitrogens with one attached hydrogen (secondary N) is 1. The molecule has 1 aromatic heterocycles. The Morgan fingerprint density at radius 1 is 1.03 bits per heavy atom. The van der Waals surface area contributed by atoms with Gasteiger partial charge in [0, 0.05) is 36.8 Å². The molecule has 0 saturated carbocycles. The van der Waals surface area contributed by atoms with Gasteiger partial charge in [-0.3, -0.25) is 14.6 Å². The maximum Gasteiger partial charge on any atom is 0.253 e. The second kappa shape index (κ2) is 11.9. The Hall–Kier alpha value is -3.94. The number of pyridine rings is 1. The van der Waals surface area contributed by atoms with E-state index < -0.39 is 5.82 Å². The summed E-state index contributed by atoms with van der Waals surface area (Å²) in [5, 5.41) is 3.02. The molecule has 1 aliphatic rings. The van der Waals surface area contributed by atoms with Crippen LogP contribution in [0.4, 0.5) is 4.39 Å². The highest BCUT2D eigenvalue weighted by atomic mass is 19.1. The summed E-state index contributed by atoms with van der Waals surface area (Å²) in [6, 6.07) is 15.1. The molecule has 37 heavy (non-hydrogen) atoms. The molecule has 0 bridgehead atoms. The number of carbonyl (C=O) groups is 2. The maximum atomic E-state index is 13.6. The zero-order valence-electron chi connectivity index (χ0n) is 21.4. The smallest absolute Gasteiger partial charge is 0.253 e. The number of likely N-dealkylation sites (tertiary alicyclic amines) is 1. The number of amides is 2. The number of hydrogen-bond acceptors (Lipinski definition) is 5. The molecule has 2 amide bonds. The predicted molar refractivity (Wildman–Crippen MR) is 139 cm³/mol. The van der Waals surface area contributed by atoms with Crippen molar-refractivity contribution >= 4 is 11.8 Å². The van der Waals surface area contributed by atoms with Gasteiger partial charge in [0.15, 0.2) is 11.5 Å². The van der Waals surface area contributed by atoms with Crippen molar-refractivity contribution in [3.05, 3.63) is 88.5 Å². The molecular formula is C29H32FN3O4. The van der Waals surface area contributed by atoms with Crippen molar-refractivity contribution in [2.75, 3.05) is 33.9 Å². The molecule has 0 unspecified atom stereocenters. The summed E-state index contributed by atoms with van der Waals surface area (Å²) in [6.45, 7) is 3.42. The minimum atomic E-state index is -0.425. The van der Waals surface area contributed by atoms with Crippen LogP contribution >= 0.6 is 0 Å². The molecule has 1 aliphatic heterocycles. The van der Waals surface area contributed by atoms with Gasteiger partial charge >= 0.3 is 0 Å². The summed E-state index contributed by atoms with van der Waals surface area (Å²) in [7, 11) is 3.19. The van der Waals surface area contributed by atoms with Crippen LogP contribution in [0.25, 0.3) is 0 Å². The fraction of sp³-hybridized carbons (Fsp3) is 0.345. The third-order valence-electron chi connectivity index (χ3n) is 6.70. The fourth-order valence-corrected chi connectivity index (χ4v) is 4.69. The molecular weight excluding hydrogens is 473 g/mol. The Balaban J connectivity index is 1.39. The van der Waals surface area contributed by atoms with Crippen LogP contribution in [0.2, 0.25) is 0 Å². The zero-order valence-corrected chi connectivity index (χ0v) is 21.4. The molecule has 1 saturated heterocycles. The van der Waals surface area contributed by atoms with Crippen LogP contribution in [0.3, 0.4) is 0 Å². The van der Waals surface area contributed by atoms with E-state index in [2.05, 4.69) is 5.32 Å². The lowest BCUT2D eigenvalue weighted by atomic mass is 9.89. The van der Waals surface area contributed by atoms with Crippen LogP contribution in [0.5, 0.6) is 11.5 Å². The van der Waals surface area contributed by atoms with Gasteiger partial charge in [-0.05, 0) is 74.2 Å². The van der Waals surface area contributed by atoms with E-state index in [-0.39, 0.29) is 17.7 Å².